The minimum atomic E-state index is -0.118. The molecule has 0 aromatic carbocycles. The number of hydrogen-bond donors (Lipinski definition) is 1. The van der Waals surface area contributed by atoms with Gasteiger partial charge in [0.15, 0.2) is 0 Å². The van der Waals surface area contributed by atoms with Gasteiger partial charge in [-0.3, -0.25) is 0 Å². The van der Waals surface area contributed by atoms with Crippen molar-refractivity contribution in [2.45, 2.75) is 51.2 Å². The van der Waals surface area contributed by atoms with E-state index in [2.05, 4.69) is 4.98 Å². The summed E-state index contributed by atoms with van der Waals surface area (Å²) >= 11 is 0. The zero-order valence-corrected chi connectivity index (χ0v) is 9.18. The molecule has 0 saturated heterocycles. The van der Waals surface area contributed by atoms with Crippen LogP contribution in [0.15, 0.2) is 18.7 Å². The van der Waals surface area contributed by atoms with E-state index in [1.54, 1.807) is 6.20 Å². The highest BCUT2D eigenvalue weighted by Crippen LogP contribution is 2.27. The Kier molecular flexibility index (Phi) is 3.78. The van der Waals surface area contributed by atoms with Crippen molar-refractivity contribution < 1.29 is 5.11 Å². The minimum absolute atomic E-state index is 0.118. The highest BCUT2D eigenvalue weighted by molar-refractivity contribution is 4.77. The second kappa shape index (κ2) is 5.31. The summed E-state index contributed by atoms with van der Waals surface area (Å²) in [6, 6.07) is 0. The second-order valence-corrected chi connectivity index (χ2v) is 4.55. The molecule has 2 rings (SSSR count). The fraction of sp³-hybridized carbons (Fsp3) is 0.750. The Morgan fingerprint density at radius 1 is 1.33 bits per heavy atom. The van der Waals surface area contributed by atoms with E-state index in [0.29, 0.717) is 5.92 Å². The quantitative estimate of drug-likeness (QED) is 0.824. The van der Waals surface area contributed by atoms with Crippen LogP contribution in [-0.4, -0.2) is 20.8 Å². The van der Waals surface area contributed by atoms with Crippen LogP contribution in [0.25, 0.3) is 0 Å². The first kappa shape index (κ1) is 10.7. The van der Waals surface area contributed by atoms with E-state index in [-0.39, 0.29) is 6.10 Å². The second-order valence-electron chi connectivity index (χ2n) is 4.55. The average Bonchev–Trinajstić information content (AvgIpc) is 2.80. The minimum Gasteiger partial charge on any atom is -0.393 e. The van der Waals surface area contributed by atoms with Gasteiger partial charge in [-0.15, -0.1) is 0 Å². The van der Waals surface area contributed by atoms with E-state index in [1.807, 2.05) is 17.1 Å². The van der Waals surface area contributed by atoms with Gasteiger partial charge >= 0.3 is 0 Å². The van der Waals surface area contributed by atoms with Crippen molar-refractivity contribution in [2.75, 3.05) is 0 Å². The van der Waals surface area contributed by atoms with Crippen molar-refractivity contribution in [1.82, 2.24) is 9.55 Å². The maximum Gasteiger partial charge on any atom is 0.0945 e. The lowest BCUT2D eigenvalue weighted by Crippen LogP contribution is -2.24. The topological polar surface area (TPSA) is 38.0 Å². The van der Waals surface area contributed by atoms with E-state index in [4.69, 9.17) is 0 Å². The summed E-state index contributed by atoms with van der Waals surface area (Å²) < 4.78 is 2.03. The first-order valence-electron chi connectivity index (χ1n) is 6.00. The van der Waals surface area contributed by atoms with Crippen molar-refractivity contribution in [2.24, 2.45) is 5.92 Å². The van der Waals surface area contributed by atoms with Crippen LogP contribution >= 0.6 is 0 Å². The van der Waals surface area contributed by atoms with Crippen LogP contribution in [0.5, 0.6) is 0 Å². The molecule has 3 nitrogen and oxygen atoms in total. The van der Waals surface area contributed by atoms with Crippen molar-refractivity contribution in [1.29, 1.82) is 0 Å². The third kappa shape index (κ3) is 3.06. The van der Waals surface area contributed by atoms with E-state index >= 15 is 0 Å². The molecular formula is C12H20N2O. The summed E-state index contributed by atoms with van der Waals surface area (Å²) in [7, 11) is 0. The van der Waals surface area contributed by atoms with Gasteiger partial charge in [0.25, 0.3) is 0 Å². The molecule has 0 aliphatic heterocycles. The molecule has 1 heterocycles. The Morgan fingerprint density at radius 2 is 2.13 bits per heavy atom. The van der Waals surface area contributed by atoms with Crippen LogP contribution in [0.2, 0.25) is 0 Å². The predicted octanol–water partition coefficient (Wildman–Crippen LogP) is 2.21. The Balaban J connectivity index is 1.74. The molecule has 0 radical (unpaired) electrons. The molecule has 1 saturated carbocycles. The van der Waals surface area contributed by atoms with E-state index in [0.717, 1.165) is 13.0 Å². The molecule has 0 amide bonds. The third-order valence-corrected chi connectivity index (χ3v) is 3.44. The molecule has 1 aliphatic rings. The largest absolute Gasteiger partial charge is 0.393 e. The molecule has 0 bridgehead atoms. The van der Waals surface area contributed by atoms with Crippen molar-refractivity contribution in [3.8, 4) is 0 Å². The van der Waals surface area contributed by atoms with Gasteiger partial charge in [-0.2, -0.15) is 0 Å². The maximum atomic E-state index is 10.0. The number of nitrogens with zero attached hydrogens (tertiary/aromatic N) is 2. The lowest BCUT2D eigenvalue weighted by atomic mass is 9.84. The molecule has 84 valence electrons. The van der Waals surface area contributed by atoms with Crippen LogP contribution in [0, 0.1) is 5.92 Å². The molecule has 15 heavy (non-hydrogen) atoms. The number of hydrogen-bond acceptors (Lipinski definition) is 2. The van der Waals surface area contributed by atoms with Gasteiger partial charge < -0.3 is 9.67 Å². The van der Waals surface area contributed by atoms with E-state index < -0.39 is 0 Å². The Hall–Kier alpha value is -0.830. The number of aliphatic hydroxyl groups is 1. The number of aliphatic hydroxyl groups excluding tert-OH is 1. The molecule has 1 aromatic heterocycles. The first-order valence-corrected chi connectivity index (χ1v) is 6.00. The summed E-state index contributed by atoms with van der Waals surface area (Å²) in [6.45, 7) is 0.887. The molecule has 1 fully saturated rings. The summed E-state index contributed by atoms with van der Waals surface area (Å²) in [5.41, 5.74) is 0. The summed E-state index contributed by atoms with van der Waals surface area (Å²) in [6.07, 6.45) is 12.7. The molecule has 1 aliphatic carbocycles. The Labute approximate surface area is 91.1 Å². The SMILES string of the molecule is OC(CCn1ccnc1)C1CCCCC1. The molecular weight excluding hydrogens is 188 g/mol. The van der Waals surface area contributed by atoms with Crippen LogP contribution < -0.4 is 0 Å². The van der Waals surface area contributed by atoms with Crippen LogP contribution in [0.3, 0.4) is 0 Å². The molecule has 1 atom stereocenters. The molecule has 3 heteroatoms. The van der Waals surface area contributed by atoms with Gasteiger partial charge in [0.1, 0.15) is 0 Å². The zero-order chi connectivity index (χ0) is 10.5. The Morgan fingerprint density at radius 3 is 2.80 bits per heavy atom. The normalized spacial score (nSPS) is 20.3. The smallest absolute Gasteiger partial charge is 0.0945 e. The number of rotatable bonds is 4. The Bertz CT molecular complexity index is 265. The number of imidazole rings is 1. The molecule has 1 unspecified atom stereocenters. The van der Waals surface area contributed by atoms with Gasteiger partial charge in [0.05, 0.1) is 12.4 Å². The molecule has 0 spiro atoms. The lowest BCUT2D eigenvalue weighted by Gasteiger charge is -2.26. The summed E-state index contributed by atoms with van der Waals surface area (Å²) in [5, 5.41) is 10.0. The van der Waals surface area contributed by atoms with Crippen molar-refractivity contribution in [3.05, 3.63) is 18.7 Å². The lowest BCUT2D eigenvalue weighted by molar-refractivity contribution is 0.0733. The number of aromatic nitrogens is 2. The molecule has 1 aromatic rings. The monoisotopic (exact) mass is 208 g/mol. The fourth-order valence-electron chi connectivity index (χ4n) is 2.45. The van der Waals surface area contributed by atoms with Crippen LogP contribution in [-0.2, 0) is 6.54 Å². The zero-order valence-electron chi connectivity index (χ0n) is 9.18. The number of aryl methyl sites for hydroxylation is 1. The van der Waals surface area contributed by atoms with Gasteiger partial charge in [-0.05, 0) is 25.2 Å². The fourth-order valence-corrected chi connectivity index (χ4v) is 2.45. The summed E-state index contributed by atoms with van der Waals surface area (Å²) in [4.78, 5) is 3.99. The predicted molar refractivity (Wildman–Crippen MR) is 59.4 cm³/mol. The van der Waals surface area contributed by atoms with E-state index in [1.165, 1.54) is 32.1 Å². The van der Waals surface area contributed by atoms with Crippen molar-refractivity contribution in [3.63, 3.8) is 0 Å². The highest BCUT2D eigenvalue weighted by Gasteiger charge is 2.21. The van der Waals surface area contributed by atoms with Gasteiger partial charge in [-0.1, -0.05) is 19.3 Å². The van der Waals surface area contributed by atoms with Gasteiger partial charge in [0, 0.05) is 18.9 Å². The first-order chi connectivity index (χ1) is 7.36. The average molecular weight is 208 g/mol. The van der Waals surface area contributed by atoms with E-state index in [9.17, 15) is 5.11 Å². The summed E-state index contributed by atoms with van der Waals surface area (Å²) in [5.74, 6) is 0.544. The van der Waals surface area contributed by atoms with Gasteiger partial charge in [0.2, 0.25) is 0 Å². The van der Waals surface area contributed by atoms with Crippen LogP contribution in [0.4, 0.5) is 0 Å². The highest BCUT2D eigenvalue weighted by atomic mass is 16.3. The maximum absolute atomic E-state index is 10.0. The van der Waals surface area contributed by atoms with Crippen molar-refractivity contribution >= 4 is 0 Å². The van der Waals surface area contributed by atoms with Gasteiger partial charge in [-0.25, -0.2) is 4.98 Å². The van der Waals surface area contributed by atoms with Crippen LogP contribution in [0.1, 0.15) is 38.5 Å². The molecule has 1 N–H and O–H groups in total. The standard InChI is InChI=1S/C12H20N2O/c15-12(11-4-2-1-3-5-11)6-8-14-9-7-13-10-14/h7,9-12,15H,1-6,8H2. The third-order valence-electron chi connectivity index (χ3n) is 3.44.